The average Bonchev–Trinajstić information content (AvgIpc) is 2.50. The molecule has 1 rings (SSSR count). The average molecular weight is 317 g/mol. The zero-order valence-corrected chi connectivity index (χ0v) is 13.8. The minimum Gasteiger partial charge on any atom is -0.493 e. The molecule has 21 heavy (non-hydrogen) atoms. The van der Waals surface area contributed by atoms with Gasteiger partial charge in [-0.3, -0.25) is 4.79 Å². The number of para-hydroxylation sites is 1. The SMILES string of the molecule is CCC(C)C(N)C(=O)NCc1cccc(OC)c1OC.Cl. The van der Waals surface area contributed by atoms with E-state index in [1.165, 1.54) is 0 Å². The first-order valence-electron chi connectivity index (χ1n) is 6.78. The summed E-state index contributed by atoms with van der Waals surface area (Å²) < 4.78 is 10.5. The van der Waals surface area contributed by atoms with Crippen LogP contribution in [0.4, 0.5) is 0 Å². The Hall–Kier alpha value is -1.46. The van der Waals surface area contributed by atoms with Crippen LogP contribution >= 0.6 is 12.4 Å². The van der Waals surface area contributed by atoms with E-state index in [1.807, 2.05) is 32.0 Å². The number of halogens is 1. The van der Waals surface area contributed by atoms with E-state index in [1.54, 1.807) is 14.2 Å². The van der Waals surface area contributed by atoms with E-state index >= 15 is 0 Å². The quantitative estimate of drug-likeness (QED) is 0.808. The largest absolute Gasteiger partial charge is 0.493 e. The van der Waals surface area contributed by atoms with Crippen LogP contribution in [0.15, 0.2) is 18.2 Å². The van der Waals surface area contributed by atoms with Crippen molar-refractivity contribution in [2.45, 2.75) is 32.9 Å². The molecular formula is C15H25ClN2O3. The molecule has 0 aliphatic carbocycles. The number of nitrogens with one attached hydrogen (secondary N) is 1. The molecule has 2 atom stereocenters. The first-order chi connectivity index (χ1) is 9.54. The van der Waals surface area contributed by atoms with Crippen molar-refractivity contribution in [3.63, 3.8) is 0 Å². The lowest BCUT2D eigenvalue weighted by Crippen LogP contribution is -2.44. The number of hydrogen-bond donors (Lipinski definition) is 2. The zero-order valence-electron chi connectivity index (χ0n) is 13.0. The predicted octanol–water partition coefficient (Wildman–Crippen LogP) is 2.12. The highest BCUT2D eigenvalue weighted by atomic mass is 35.5. The second kappa shape index (κ2) is 9.47. The summed E-state index contributed by atoms with van der Waals surface area (Å²) >= 11 is 0. The molecule has 0 fully saturated rings. The highest BCUT2D eigenvalue weighted by Gasteiger charge is 2.19. The van der Waals surface area contributed by atoms with Crippen LogP contribution in [0.25, 0.3) is 0 Å². The molecule has 0 heterocycles. The van der Waals surface area contributed by atoms with Crippen LogP contribution in [0, 0.1) is 5.92 Å². The van der Waals surface area contributed by atoms with Crippen LogP contribution < -0.4 is 20.5 Å². The molecule has 0 bridgehead atoms. The molecule has 5 nitrogen and oxygen atoms in total. The summed E-state index contributed by atoms with van der Waals surface area (Å²) in [5.74, 6) is 1.28. The van der Waals surface area contributed by atoms with E-state index in [0.717, 1.165) is 12.0 Å². The van der Waals surface area contributed by atoms with Crippen molar-refractivity contribution in [3.05, 3.63) is 23.8 Å². The van der Waals surface area contributed by atoms with Crippen molar-refractivity contribution in [3.8, 4) is 11.5 Å². The maximum Gasteiger partial charge on any atom is 0.237 e. The summed E-state index contributed by atoms with van der Waals surface area (Å²) in [4.78, 5) is 12.0. The molecule has 0 saturated heterocycles. The van der Waals surface area contributed by atoms with Crippen molar-refractivity contribution in [2.75, 3.05) is 14.2 Å². The van der Waals surface area contributed by atoms with Crippen molar-refractivity contribution in [1.82, 2.24) is 5.32 Å². The van der Waals surface area contributed by atoms with Gasteiger partial charge >= 0.3 is 0 Å². The summed E-state index contributed by atoms with van der Waals surface area (Å²) in [6, 6.07) is 5.07. The normalized spacial score (nSPS) is 12.8. The van der Waals surface area contributed by atoms with E-state index in [9.17, 15) is 4.79 Å². The summed E-state index contributed by atoms with van der Waals surface area (Å²) in [7, 11) is 3.16. The van der Waals surface area contributed by atoms with E-state index in [0.29, 0.717) is 18.0 Å². The number of rotatable bonds is 7. The van der Waals surface area contributed by atoms with Gasteiger partial charge in [-0.05, 0) is 12.0 Å². The highest BCUT2D eigenvalue weighted by molar-refractivity contribution is 5.85. The Balaban J connectivity index is 0.00000400. The lowest BCUT2D eigenvalue weighted by atomic mass is 9.99. The van der Waals surface area contributed by atoms with Gasteiger partial charge in [-0.25, -0.2) is 0 Å². The fourth-order valence-corrected chi connectivity index (χ4v) is 1.91. The molecule has 0 spiro atoms. The van der Waals surface area contributed by atoms with E-state index in [4.69, 9.17) is 15.2 Å². The monoisotopic (exact) mass is 316 g/mol. The Morgan fingerprint density at radius 2 is 2.00 bits per heavy atom. The van der Waals surface area contributed by atoms with Crippen LogP contribution in [-0.4, -0.2) is 26.2 Å². The Morgan fingerprint density at radius 3 is 2.52 bits per heavy atom. The molecule has 3 N–H and O–H groups in total. The molecule has 0 aliphatic heterocycles. The Kier molecular flexibility index (Phi) is 8.81. The standard InChI is InChI=1S/C15H24N2O3.ClH/c1-5-10(2)13(16)15(18)17-9-11-7-6-8-12(19-3)14(11)20-4;/h6-8,10,13H,5,9,16H2,1-4H3,(H,17,18);1H. The van der Waals surface area contributed by atoms with Crippen molar-refractivity contribution < 1.29 is 14.3 Å². The second-order valence-electron chi connectivity index (χ2n) is 4.78. The minimum absolute atomic E-state index is 0. The summed E-state index contributed by atoms with van der Waals surface area (Å²) in [5.41, 5.74) is 6.75. The van der Waals surface area contributed by atoms with Gasteiger partial charge in [0.05, 0.1) is 20.3 Å². The van der Waals surface area contributed by atoms with Crippen molar-refractivity contribution in [2.24, 2.45) is 11.7 Å². The zero-order chi connectivity index (χ0) is 15.1. The number of hydrogen-bond acceptors (Lipinski definition) is 4. The van der Waals surface area contributed by atoms with Gasteiger partial charge in [0.25, 0.3) is 0 Å². The maximum absolute atomic E-state index is 12.0. The fraction of sp³-hybridized carbons (Fsp3) is 0.533. The number of carbonyl (C=O) groups excluding carboxylic acids is 1. The van der Waals surface area contributed by atoms with Crippen LogP contribution in [0.1, 0.15) is 25.8 Å². The van der Waals surface area contributed by atoms with Gasteiger partial charge in [-0.2, -0.15) is 0 Å². The molecule has 0 radical (unpaired) electrons. The predicted molar refractivity (Wildman–Crippen MR) is 86.1 cm³/mol. The number of amides is 1. The number of nitrogens with two attached hydrogens (primary N) is 1. The molecule has 120 valence electrons. The van der Waals surface area contributed by atoms with Crippen LogP contribution in [0.2, 0.25) is 0 Å². The van der Waals surface area contributed by atoms with Gasteiger partial charge in [0.2, 0.25) is 5.91 Å². The van der Waals surface area contributed by atoms with E-state index in [2.05, 4.69) is 5.32 Å². The highest BCUT2D eigenvalue weighted by Crippen LogP contribution is 2.30. The van der Waals surface area contributed by atoms with Gasteiger partial charge in [-0.15, -0.1) is 12.4 Å². The maximum atomic E-state index is 12.0. The second-order valence-corrected chi connectivity index (χ2v) is 4.78. The van der Waals surface area contributed by atoms with Gasteiger partial charge < -0.3 is 20.5 Å². The minimum atomic E-state index is -0.489. The van der Waals surface area contributed by atoms with E-state index in [-0.39, 0.29) is 24.2 Å². The van der Waals surface area contributed by atoms with E-state index < -0.39 is 6.04 Å². The molecule has 6 heteroatoms. The van der Waals surface area contributed by atoms with Crippen molar-refractivity contribution >= 4 is 18.3 Å². The molecule has 2 unspecified atom stereocenters. The van der Waals surface area contributed by atoms with Gasteiger partial charge in [0.15, 0.2) is 11.5 Å². The smallest absolute Gasteiger partial charge is 0.237 e. The van der Waals surface area contributed by atoms with Crippen LogP contribution in [0.5, 0.6) is 11.5 Å². The Labute approximate surface area is 132 Å². The van der Waals surface area contributed by atoms with Gasteiger partial charge in [-0.1, -0.05) is 32.4 Å². The molecule has 1 aromatic rings. The summed E-state index contributed by atoms with van der Waals surface area (Å²) in [6.07, 6.45) is 0.872. The molecule has 0 saturated carbocycles. The molecule has 0 aromatic heterocycles. The molecular weight excluding hydrogens is 292 g/mol. The fourth-order valence-electron chi connectivity index (χ4n) is 1.91. The number of carbonyl (C=O) groups is 1. The molecule has 1 amide bonds. The first-order valence-corrected chi connectivity index (χ1v) is 6.78. The van der Waals surface area contributed by atoms with Gasteiger partial charge in [0.1, 0.15) is 0 Å². The first kappa shape index (κ1) is 19.5. The number of ether oxygens (including phenoxy) is 2. The third-order valence-corrected chi connectivity index (χ3v) is 3.50. The number of methoxy groups -OCH3 is 2. The van der Waals surface area contributed by atoms with Gasteiger partial charge in [0, 0.05) is 12.1 Å². The summed E-state index contributed by atoms with van der Waals surface area (Å²) in [5, 5.41) is 2.84. The third-order valence-electron chi connectivity index (χ3n) is 3.50. The van der Waals surface area contributed by atoms with Crippen LogP contribution in [-0.2, 0) is 11.3 Å². The topological polar surface area (TPSA) is 73.6 Å². The summed E-state index contributed by atoms with van der Waals surface area (Å²) in [6.45, 7) is 4.35. The lowest BCUT2D eigenvalue weighted by Gasteiger charge is -2.18. The van der Waals surface area contributed by atoms with Crippen molar-refractivity contribution in [1.29, 1.82) is 0 Å². The van der Waals surface area contributed by atoms with Crippen LogP contribution in [0.3, 0.4) is 0 Å². The Morgan fingerprint density at radius 1 is 1.33 bits per heavy atom. The molecule has 0 aliphatic rings. The third kappa shape index (κ3) is 5.10. The number of benzene rings is 1. The Bertz CT molecular complexity index is 455. The molecule has 1 aromatic carbocycles. The lowest BCUT2D eigenvalue weighted by molar-refractivity contribution is -0.123.